The van der Waals surface area contributed by atoms with Crippen LogP contribution in [0.25, 0.3) is 0 Å². The molecule has 0 bridgehead atoms. The zero-order chi connectivity index (χ0) is 12.9. The van der Waals surface area contributed by atoms with Crippen LogP contribution in [0.2, 0.25) is 0 Å². The molecule has 1 fully saturated rings. The number of ether oxygens (including phenoxy) is 1. The molecular weight excluding hydrogens is 233 g/mol. The van der Waals surface area contributed by atoms with Gasteiger partial charge in [-0.25, -0.2) is 4.79 Å². The molecule has 0 aromatic heterocycles. The van der Waals surface area contributed by atoms with E-state index >= 15 is 0 Å². The van der Waals surface area contributed by atoms with Gasteiger partial charge in [0.05, 0.1) is 0 Å². The Balaban J connectivity index is 2.23. The molecule has 1 saturated carbocycles. The van der Waals surface area contributed by atoms with Crippen molar-refractivity contribution in [1.29, 1.82) is 0 Å². The summed E-state index contributed by atoms with van der Waals surface area (Å²) in [5, 5.41) is 0. The van der Waals surface area contributed by atoms with E-state index < -0.39 is 12.1 Å². The first-order valence-corrected chi connectivity index (χ1v) is 5.46. The first kappa shape index (κ1) is 13.8. The van der Waals surface area contributed by atoms with Gasteiger partial charge in [0, 0.05) is 0 Å². The lowest BCUT2D eigenvalue weighted by Gasteiger charge is -2.05. The summed E-state index contributed by atoms with van der Waals surface area (Å²) in [6.45, 7) is 3.38. The Morgan fingerprint density at radius 3 is 2.53 bits per heavy atom. The van der Waals surface area contributed by atoms with E-state index in [2.05, 4.69) is 11.3 Å². The summed E-state index contributed by atoms with van der Waals surface area (Å²) in [6.07, 6.45) is 3.30. The van der Waals surface area contributed by atoms with E-state index in [0.29, 0.717) is 11.8 Å². The molecule has 1 aliphatic carbocycles. The van der Waals surface area contributed by atoms with Crippen molar-refractivity contribution in [2.45, 2.75) is 25.4 Å². The minimum absolute atomic E-state index is 0.326. The average molecular weight is 248 g/mol. The normalized spacial score (nSPS) is 25.1. The molecule has 1 aliphatic rings. The predicted octanol–water partition coefficient (Wildman–Crippen LogP) is 3.25. The third-order valence-electron chi connectivity index (χ3n) is 2.80. The van der Waals surface area contributed by atoms with Gasteiger partial charge in [-0.2, -0.15) is 13.2 Å². The summed E-state index contributed by atoms with van der Waals surface area (Å²) in [5.74, 6) is -1.30. The summed E-state index contributed by atoms with van der Waals surface area (Å²) in [4.78, 5) is 10.4. The number of alkyl halides is 3. The van der Waals surface area contributed by atoms with Gasteiger partial charge in [-0.05, 0) is 31.1 Å². The Labute approximate surface area is 98.1 Å². The number of carbonyl (C=O) groups is 1. The Bertz CT molecular complexity index is 307. The van der Waals surface area contributed by atoms with Gasteiger partial charge in [0.25, 0.3) is 0 Å². The van der Waals surface area contributed by atoms with Gasteiger partial charge in [0.2, 0.25) is 0 Å². The minimum Gasteiger partial charge on any atom is -0.455 e. The first-order valence-electron chi connectivity index (χ1n) is 5.46. The van der Waals surface area contributed by atoms with Crippen LogP contribution in [0.4, 0.5) is 13.2 Å². The highest BCUT2D eigenvalue weighted by atomic mass is 19.4. The van der Waals surface area contributed by atoms with Gasteiger partial charge in [-0.1, -0.05) is 18.2 Å². The Hall–Kier alpha value is -1.26. The SMILES string of the molecule is C=CC1CCC(/C=C/COC(=O)C(F)(F)F)C1. The predicted molar refractivity (Wildman–Crippen MR) is 57.2 cm³/mol. The fourth-order valence-corrected chi connectivity index (χ4v) is 1.90. The van der Waals surface area contributed by atoms with Crippen molar-refractivity contribution < 1.29 is 22.7 Å². The number of hydrogen-bond acceptors (Lipinski definition) is 2. The number of carbonyl (C=O) groups excluding carboxylic acids is 1. The number of rotatable bonds is 4. The van der Waals surface area contributed by atoms with E-state index in [4.69, 9.17) is 0 Å². The molecule has 0 amide bonds. The molecule has 0 N–H and O–H groups in total. The molecule has 0 saturated heterocycles. The standard InChI is InChI=1S/C12H15F3O2/c1-2-9-5-6-10(8-9)4-3-7-17-11(16)12(13,14)15/h2-4,9-10H,1,5-8H2/b4-3+. The smallest absolute Gasteiger partial charge is 0.455 e. The zero-order valence-electron chi connectivity index (χ0n) is 9.37. The number of hydrogen-bond donors (Lipinski definition) is 0. The van der Waals surface area contributed by atoms with Gasteiger partial charge in [0.1, 0.15) is 6.61 Å². The second-order valence-corrected chi connectivity index (χ2v) is 4.09. The van der Waals surface area contributed by atoms with Crippen LogP contribution in [0.1, 0.15) is 19.3 Å². The third kappa shape index (κ3) is 4.63. The Morgan fingerprint density at radius 1 is 1.35 bits per heavy atom. The Morgan fingerprint density at radius 2 is 2.00 bits per heavy atom. The average Bonchev–Trinajstić information content (AvgIpc) is 2.70. The molecule has 0 aromatic carbocycles. The number of halogens is 3. The molecule has 0 aromatic rings. The van der Waals surface area contributed by atoms with Crippen LogP contribution >= 0.6 is 0 Å². The summed E-state index contributed by atoms with van der Waals surface area (Å²) < 4.78 is 39.3. The van der Waals surface area contributed by atoms with Gasteiger partial charge >= 0.3 is 12.1 Å². The van der Waals surface area contributed by atoms with Gasteiger partial charge in [-0.15, -0.1) is 6.58 Å². The third-order valence-corrected chi connectivity index (χ3v) is 2.80. The summed E-state index contributed by atoms with van der Waals surface area (Å²) in [6, 6.07) is 0. The topological polar surface area (TPSA) is 26.3 Å². The van der Waals surface area contributed by atoms with Gasteiger partial charge < -0.3 is 4.74 Å². The monoisotopic (exact) mass is 248 g/mol. The maximum Gasteiger partial charge on any atom is 0.490 e. The van der Waals surface area contributed by atoms with Crippen molar-refractivity contribution in [3.05, 3.63) is 24.8 Å². The van der Waals surface area contributed by atoms with Crippen LogP contribution in [-0.4, -0.2) is 18.8 Å². The van der Waals surface area contributed by atoms with Crippen molar-refractivity contribution in [3.8, 4) is 0 Å². The first-order chi connectivity index (χ1) is 7.93. The lowest BCUT2D eigenvalue weighted by Crippen LogP contribution is -2.25. The molecule has 0 spiro atoms. The highest BCUT2D eigenvalue weighted by molar-refractivity contribution is 5.75. The highest BCUT2D eigenvalue weighted by Gasteiger charge is 2.40. The van der Waals surface area contributed by atoms with E-state index in [1.165, 1.54) is 6.08 Å². The lowest BCUT2D eigenvalue weighted by molar-refractivity contribution is -0.198. The molecule has 2 nitrogen and oxygen atoms in total. The second kappa shape index (κ2) is 5.89. The van der Waals surface area contributed by atoms with E-state index in [9.17, 15) is 18.0 Å². The maximum atomic E-state index is 11.8. The molecule has 2 unspecified atom stereocenters. The fraction of sp³-hybridized carbons (Fsp3) is 0.583. The van der Waals surface area contributed by atoms with Crippen LogP contribution in [0.15, 0.2) is 24.8 Å². The summed E-state index contributed by atoms with van der Waals surface area (Å²) in [5.41, 5.74) is 0. The van der Waals surface area contributed by atoms with Crippen LogP contribution in [0.5, 0.6) is 0 Å². The van der Waals surface area contributed by atoms with Crippen LogP contribution in [0.3, 0.4) is 0 Å². The van der Waals surface area contributed by atoms with Crippen molar-refractivity contribution in [2.75, 3.05) is 6.61 Å². The fourth-order valence-electron chi connectivity index (χ4n) is 1.90. The molecule has 96 valence electrons. The van der Waals surface area contributed by atoms with E-state index in [1.807, 2.05) is 12.2 Å². The molecule has 0 heterocycles. The zero-order valence-corrected chi connectivity index (χ0v) is 9.37. The largest absolute Gasteiger partial charge is 0.490 e. The van der Waals surface area contributed by atoms with Crippen LogP contribution in [0, 0.1) is 11.8 Å². The maximum absolute atomic E-state index is 11.8. The van der Waals surface area contributed by atoms with E-state index in [1.54, 1.807) is 0 Å². The quantitative estimate of drug-likeness (QED) is 0.564. The van der Waals surface area contributed by atoms with Gasteiger partial charge in [-0.3, -0.25) is 0 Å². The summed E-state index contributed by atoms with van der Waals surface area (Å²) >= 11 is 0. The molecule has 0 radical (unpaired) electrons. The minimum atomic E-state index is -4.91. The van der Waals surface area contributed by atoms with Crippen LogP contribution < -0.4 is 0 Å². The number of allylic oxidation sites excluding steroid dienone is 2. The molecular formula is C12H15F3O2. The van der Waals surface area contributed by atoms with Gasteiger partial charge in [0.15, 0.2) is 0 Å². The number of esters is 1. The molecule has 17 heavy (non-hydrogen) atoms. The van der Waals surface area contributed by atoms with Crippen molar-refractivity contribution in [2.24, 2.45) is 11.8 Å². The Kier molecular flexibility index (Phi) is 4.78. The molecule has 0 aliphatic heterocycles. The highest BCUT2D eigenvalue weighted by Crippen LogP contribution is 2.32. The van der Waals surface area contributed by atoms with Crippen molar-refractivity contribution >= 4 is 5.97 Å². The van der Waals surface area contributed by atoms with Crippen molar-refractivity contribution in [1.82, 2.24) is 0 Å². The second-order valence-electron chi connectivity index (χ2n) is 4.09. The lowest BCUT2D eigenvalue weighted by atomic mass is 10.0. The van der Waals surface area contributed by atoms with E-state index in [-0.39, 0.29) is 6.61 Å². The summed E-state index contributed by atoms with van der Waals surface area (Å²) in [7, 11) is 0. The molecule has 1 rings (SSSR count). The molecule has 5 heteroatoms. The van der Waals surface area contributed by atoms with E-state index in [0.717, 1.165) is 19.3 Å². The van der Waals surface area contributed by atoms with Crippen LogP contribution in [-0.2, 0) is 9.53 Å². The van der Waals surface area contributed by atoms with Crippen molar-refractivity contribution in [3.63, 3.8) is 0 Å². The molecule has 2 atom stereocenters.